The van der Waals surface area contributed by atoms with Gasteiger partial charge in [-0.25, -0.2) is 4.39 Å². The highest BCUT2D eigenvalue weighted by Crippen LogP contribution is 2.25. The minimum absolute atomic E-state index is 0.0829. The van der Waals surface area contributed by atoms with Crippen molar-refractivity contribution in [3.63, 3.8) is 0 Å². The van der Waals surface area contributed by atoms with E-state index >= 15 is 0 Å². The molecule has 1 atom stereocenters. The molecule has 2 N–H and O–H groups in total. The number of nitrogens with two attached hydrogens (primary N) is 1. The molecule has 1 aromatic carbocycles. The molecule has 21 heavy (non-hydrogen) atoms. The number of hydrogen-bond acceptors (Lipinski definition) is 3. The number of halogens is 2. The quantitative estimate of drug-likeness (QED) is 0.773. The zero-order valence-corrected chi connectivity index (χ0v) is 15.0. The molecule has 120 valence electrons. The lowest BCUT2D eigenvalue weighted by molar-refractivity contribution is 0.161. The topological polar surface area (TPSA) is 32.5 Å². The zero-order valence-electron chi connectivity index (χ0n) is 13.4. The molecule has 0 bridgehead atoms. The predicted octanol–water partition coefficient (Wildman–Crippen LogP) is 3.11. The van der Waals surface area contributed by atoms with Gasteiger partial charge in [0, 0.05) is 42.3 Å². The van der Waals surface area contributed by atoms with E-state index in [9.17, 15) is 4.39 Å². The molecular formula is C16H27BrFN3. The Morgan fingerprint density at radius 1 is 1.24 bits per heavy atom. The third-order valence-electron chi connectivity index (χ3n) is 3.42. The van der Waals surface area contributed by atoms with Crippen LogP contribution in [0.5, 0.6) is 0 Å². The van der Waals surface area contributed by atoms with E-state index < -0.39 is 0 Å². The molecule has 0 saturated carbocycles. The van der Waals surface area contributed by atoms with Crippen LogP contribution in [0.15, 0.2) is 22.7 Å². The summed E-state index contributed by atoms with van der Waals surface area (Å²) in [5.41, 5.74) is 6.64. The Morgan fingerprint density at radius 2 is 1.90 bits per heavy atom. The molecule has 0 aromatic heterocycles. The van der Waals surface area contributed by atoms with Gasteiger partial charge in [0.1, 0.15) is 5.82 Å². The summed E-state index contributed by atoms with van der Waals surface area (Å²) in [6, 6.07) is 5.14. The fourth-order valence-corrected chi connectivity index (χ4v) is 2.75. The highest BCUT2D eigenvalue weighted by atomic mass is 79.9. The molecule has 5 heteroatoms. The summed E-state index contributed by atoms with van der Waals surface area (Å²) < 4.78 is 15.0. The Labute approximate surface area is 136 Å². The maximum Gasteiger partial charge on any atom is 0.129 e. The lowest BCUT2D eigenvalue weighted by atomic mass is 10.0. The van der Waals surface area contributed by atoms with Gasteiger partial charge in [-0.05, 0) is 32.1 Å². The molecule has 0 aliphatic rings. The van der Waals surface area contributed by atoms with E-state index in [4.69, 9.17) is 5.73 Å². The molecule has 1 unspecified atom stereocenters. The highest BCUT2D eigenvalue weighted by molar-refractivity contribution is 9.10. The van der Waals surface area contributed by atoms with Gasteiger partial charge in [-0.2, -0.15) is 0 Å². The van der Waals surface area contributed by atoms with Gasteiger partial charge >= 0.3 is 0 Å². The Bertz CT molecular complexity index is 438. The van der Waals surface area contributed by atoms with E-state index in [0.717, 1.165) is 24.1 Å². The van der Waals surface area contributed by atoms with Crippen molar-refractivity contribution < 1.29 is 4.39 Å². The van der Waals surface area contributed by atoms with Gasteiger partial charge in [-0.1, -0.05) is 35.8 Å². The van der Waals surface area contributed by atoms with Crippen LogP contribution in [0.2, 0.25) is 0 Å². The monoisotopic (exact) mass is 359 g/mol. The van der Waals surface area contributed by atoms with Crippen LogP contribution in [-0.4, -0.2) is 50.1 Å². The smallest absolute Gasteiger partial charge is 0.129 e. The first-order chi connectivity index (χ1) is 9.85. The number of benzene rings is 1. The molecule has 0 aliphatic carbocycles. The molecule has 0 radical (unpaired) electrons. The first kappa shape index (κ1) is 18.6. The van der Waals surface area contributed by atoms with Crippen LogP contribution < -0.4 is 5.73 Å². The molecule has 0 aliphatic heterocycles. The van der Waals surface area contributed by atoms with E-state index in [1.807, 2.05) is 26.2 Å². The molecule has 0 saturated heterocycles. The fourth-order valence-electron chi connectivity index (χ4n) is 2.42. The minimum Gasteiger partial charge on any atom is -0.329 e. The summed E-state index contributed by atoms with van der Waals surface area (Å²) in [7, 11) is 4.09. The molecular weight excluding hydrogens is 333 g/mol. The van der Waals surface area contributed by atoms with Crippen LogP contribution >= 0.6 is 15.9 Å². The van der Waals surface area contributed by atoms with Gasteiger partial charge in [0.2, 0.25) is 0 Å². The number of likely N-dealkylation sites (N-methyl/N-ethyl adjacent to an activating group) is 1. The van der Waals surface area contributed by atoms with Crippen molar-refractivity contribution in [3.05, 3.63) is 34.1 Å². The predicted molar refractivity (Wildman–Crippen MR) is 90.9 cm³/mol. The third kappa shape index (κ3) is 6.02. The van der Waals surface area contributed by atoms with Crippen LogP contribution in [0, 0.1) is 11.7 Å². The third-order valence-corrected chi connectivity index (χ3v) is 3.91. The number of rotatable bonds is 8. The highest BCUT2D eigenvalue weighted by Gasteiger charge is 2.22. The van der Waals surface area contributed by atoms with Gasteiger partial charge in [0.05, 0.1) is 0 Å². The Hall–Kier alpha value is -0.490. The zero-order chi connectivity index (χ0) is 16.0. The Kier molecular flexibility index (Phi) is 7.81. The SMILES string of the molecule is CC(C)CN(CCN(C)C)C(CN)c1ccc(Br)cc1F. The van der Waals surface area contributed by atoms with E-state index in [2.05, 4.69) is 39.6 Å². The molecule has 1 aromatic rings. The van der Waals surface area contributed by atoms with Crippen LogP contribution in [0.4, 0.5) is 4.39 Å². The number of hydrogen-bond donors (Lipinski definition) is 1. The molecule has 0 fully saturated rings. The van der Waals surface area contributed by atoms with Crippen LogP contribution in [-0.2, 0) is 0 Å². The Morgan fingerprint density at radius 3 is 2.38 bits per heavy atom. The first-order valence-electron chi connectivity index (χ1n) is 7.39. The van der Waals surface area contributed by atoms with Gasteiger partial charge in [-0.3, -0.25) is 4.90 Å². The van der Waals surface area contributed by atoms with Gasteiger partial charge in [0.15, 0.2) is 0 Å². The summed E-state index contributed by atoms with van der Waals surface area (Å²) in [5, 5.41) is 0. The molecule has 0 heterocycles. The maximum atomic E-state index is 14.3. The largest absolute Gasteiger partial charge is 0.329 e. The van der Waals surface area contributed by atoms with E-state index in [-0.39, 0.29) is 11.9 Å². The van der Waals surface area contributed by atoms with Crippen molar-refractivity contribution in [2.45, 2.75) is 19.9 Å². The van der Waals surface area contributed by atoms with Crippen molar-refractivity contribution in [2.75, 3.05) is 40.3 Å². The summed E-state index contributed by atoms with van der Waals surface area (Å²) in [5.74, 6) is 0.318. The van der Waals surface area contributed by atoms with Crippen molar-refractivity contribution in [3.8, 4) is 0 Å². The molecule has 3 nitrogen and oxygen atoms in total. The second-order valence-corrected chi connectivity index (χ2v) is 7.03. The lowest BCUT2D eigenvalue weighted by Crippen LogP contribution is -2.40. The minimum atomic E-state index is -0.196. The van der Waals surface area contributed by atoms with Gasteiger partial charge < -0.3 is 10.6 Å². The van der Waals surface area contributed by atoms with Crippen molar-refractivity contribution >= 4 is 15.9 Å². The summed E-state index contributed by atoms with van der Waals surface area (Å²) >= 11 is 3.30. The number of nitrogens with zero attached hydrogens (tertiary/aromatic N) is 2. The second kappa shape index (κ2) is 8.83. The van der Waals surface area contributed by atoms with Gasteiger partial charge in [-0.15, -0.1) is 0 Å². The van der Waals surface area contributed by atoms with Crippen molar-refractivity contribution in [1.29, 1.82) is 0 Å². The van der Waals surface area contributed by atoms with Crippen LogP contribution in [0.3, 0.4) is 0 Å². The molecule has 0 amide bonds. The first-order valence-corrected chi connectivity index (χ1v) is 8.18. The van der Waals surface area contributed by atoms with E-state index in [1.165, 1.54) is 6.07 Å². The van der Waals surface area contributed by atoms with Crippen LogP contribution in [0.1, 0.15) is 25.5 Å². The second-order valence-electron chi connectivity index (χ2n) is 6.11. The van der Waals surface area contributed by atoms with E-state index in [1.54, 1.807) is 0 Å². The van der Waals surface area contributed by atoms with Gasteiger partial charge in [0.25, 0.3) is 0 Å². The lowest BCUT2D eigenvalue weighted by Gasteiger charge is -2.33. The molecule has 0 spiro atoms. The average Bonchev–Trinajstić information content (AvgIpc) is 2.38. The molecule has 1 rings (SSSR count). The summed E-state index contributed by atoms with van der Waals surface area (Å²) in [4.78, 5) is 4.43. The van der Waals surface area contributed by atoms with E-state index in [0.29, 0.717) is 18.0 Å². The van der Waals surface area contributed by atoms with Crippen molar-refractivity contribution in [2.24, 2.45) is 11.7 Å². The maximum absolute atomic E-state index is 14.3. The normalized spacial score (nSPS) is 13.4. The fraction of sp³-hybridized carbons (Fsp3) is 0.625. The summed E-state index contributed by atoms with van der Waals surface area (Å²) in [6.07, 6.45) is 0. The Balaban J connectivity index is 2.98. The van der Waals surface area contributed by atoms with Crippen LogP contribution in [0.25, 0.3) is 0 Å². The standard InChI is InChI=1S/C16H27BrFN3/c1-12(2)11-21(8-7-20(3)4)16(10-19)14-6-5-13(17)9-15(14)18/h5-6,9,12,16H,7-8,10-11,19H2,1-4H3. The van der Waals surface area contributed by atoms with Crippen molar-refractivity contribution in [1.82, 2.24) is 9.80 Å². The summed E-state index contributed by atoms with van der Waals surface area (Å²) in [6.45, 7) is 7.48. The average molecular weight is 360 g/mol.